The maximum Gasteiger partial charge on any atom is 0.191 e. The maximum absolute atomic E-state index is 4.61. The topological polar surface area (TPSA) is 49.3 Å². The molecule has 0 aromatic carbocycles. The van der Waals surface area contributed by atoms with E-state index in [1.54, 1.807) is 11.3 Å². The van der Waals surface area contributed by atoms with E-state index in [1.165, 1.54) is 24.3 Å². The van der Waals surface area contributed by atoms with E-state index in [0.29, 0.717) is 12.5 Å². The van der Waals surface area contributed by atoms with Crippen molar-refractivity contribution in [2.75, 3.05) is 13.1 Å². The predicted molar refractivity (Wildman–Crippen MR) is 88.5 cm³/mol. The van der Waals surface area contributed by atoms with Gasteiger partial charge in [0.15, 0.2) is 5.96 Å². The van der Waals surface area contributed by atoms with Gasteiger partial charge in [-0.05, 0) is 13.3 Å². The van der Waals surface area contributed by atoms with Gasteiger partial charge >= 0.3 is 0 Å². The minimum absolute atomic E-state index is 0.498. The van der Waals surface area contributed by atoms with Crippen molar-refractivity contribution in [2.24, 2.45) is 4.99 Å². The van der Waals surface area contributed by atoms with E-state index in [0.717, 1.165) is 24.7 Å². The van der Waals surface area contributed by atoms with Crippen molar-refractivity contribution in [1.82, 2.24) is 15.6 Å². The van der Waals surface area contributed by atoms with Gasteiger partial charge < -0.3 is 10.6 Å². The molecular weight excluding hydrogens is 268 g/mol. The molecule has 114 valence electrons. The van der Waals surface area contributed by atoms with Crippen molar-refractivity contribution < 1.29 is 0 Å². The molecule has 1 rings (SSSR count). The molecule has 0 spiro atoms. The van der Waals surface area contributed by atoms with Crippen molar-refractivity contribution in [3.8, 4) is 0 Å². The minimum atomic E-state index is 0.498. The number of nitrogens with zero attached hydrogens (tertiary/aromatic N) is 2. The molecule has 0 fully saturated rings. The zero-order valence-corrected chi connectivity index (χ0v) is 14.0. The van der Waals surface area contributed by atoms with Crippen LogP contribution in [0.1, 0.15) is 63.6 Å². The Kier molecular flexibility index (Phi) is 8.26. The molecule has 0 aliphatic heterocycles. The maximum atomic E-state index is 4.61. The second-order valence-corrected chi connectivity index (χ2v) is 6.05. The highest BCUT2D eigenvalue weighted by Crippen LogP contribution is 2.19. The standard InChI is InChI=1S/C15H28N4S/c1-5-7-8-9-17-15(16-6-2)18-10-13-11-20-14(19-13)12(3)4/h11-12H,5-10H2,1-4H3,(H2,16,17,18). The van der Waals surface area contributed by atoms with Gasteiger partial charge in [0.2, 0.25) is 0 Å². The van der Waals surface area contributed by atoms with Crippen molar-refractivity contribution in [1.29, 1.82) is 0 Å². The van der Waals surface area contributed by atoms with Crippen LogP contribution in [-0.4, -0.2) is 24.0 Å². The van der Waals surface area contributed by atoms with E-state index in [9.17, 15) is 0 Å². The fraction of sp³-hybridized carbons (Fsp3) is 0.733. The molecule has 20 heavy (non-hydrogen) atoms. The van der Waals surface area contributed by atoms with Crippen molar-refractivity contribution in [3.63, 3.8) is 0 Å². The van der Waals surface area contributed by atoms with E-state index in [1.807, 2.05) is 0 Å². The highest BCUT2D eigenvalue weighted by Gasteiger charge is 2.05. The van der Waals surface area contributed by atoms with E-state index >= 15 is 0 Å². The third kappa shape index (κ3) is 6.37. The van der Waals surface area contributed by atoms with Gasteiger partial charge in [-0.1, -0.05) is 33.6 Å². The fourth-order valence-corrected chi connectivity index (χ4v) is 2.57. The summed E-state index contributed by atoms with van der Waals surface area (Å²) in [7, 11) is 0. The summed E-state index contributed by atoms with van der Waals surface area (Å²) in [5.74, 6) is 1.39. The van der Waals surface area contributed by atoms with Crippen LogP contribution < -0.4 is 10.6 Å². The van der Waals surface area contributed by atoms with Gasteiger partial charge in [-0.2, -0.15) is 0 Å². The van der Waals surface area contributed by atoms with E-state index in [4.69, 9.17) is 0 Å². The van der Waals surface area contributed by atoms with Crippen LogP contribution in [0.4, 0.5) is 0 Å². The highest BCUT2D eigenvalue weighted by molar-refractivity contribution is 7.09. The fourth-order valence-electron chi connectivity index (χ4n) is 1.74. The number of aliphatic imine (C=N–C) groups is 1. The molecule has 0 bridgehead atoms. The molecule has 0 amide bonds. The van der Waals surface area contributed by atoms with Crippen LogP contribution in [0, 0.1) is 0 Å². The summed E-state index contributed by atoms with van der Waals surface area (Å²) in [5.41, 5.74) is 1.06. The van der Waals surface area contributed by atoms with Gasteiger partial charge in [0.1, 0.15) is 0 Å². The van der Waals surface area contributed by atoms with Crippen LogP contribution in [0.5, 0.6) is 0 Å². The molecule has 0 aliphatic rings. The summed E-state index contributed by atoms with van der Waals surface area (Å²) < 4.78 is 0. The first-order chi connectivity index (χ1) is 9.67. The molecule has 0 unspecified atom stereocenters. The van der Waals surface area contributed by atoms with Crippen molar-refractivity contribution in [2.45, 2.75) is 59.4 Å². The Morgan fingerprint density at radius 2 is 2.10 bits per heavy atom. The Morgan fingerprint density at radius 1 is 1.30 bits per heavy atom. The van der Waals surface area contributed by atoms with Gasteiger partial charge in [-0.3, -0.25) is 0 Å². The zero-order chi connectivity index (χ0) is 14.8. The average Bonchev–Trinajstić information content (AvgIpc) is 2.90. The molecule has 0 saturated carbocycles. The summed E-state index contributed by atoms with van der Waals surface area (Å²) in [6.45, 7) is 11.2. The lowest BCUT2D eigenvalue weighted by Gasteiger charge is -2.10. The summed E-state index contributed by atoms with van der Waals surface area (Å²) >= 11 is 1.73. The molecule has 0 atom stereocenters. The molecule has 1 aromatic heterocycles. The van der Waals surface area contributed by atoms with Crippen LogP contribution in [0.3, 0.4) is 0 Å². The van der Waals surface area contributed by atoms with E-state index < -0.39 is 0 Å². The molecular formula is C15H28N4S. The molecule has 0 aliphatic carbocycles. The third-order valence-electron chi connectivity index (χ3n) is 2.88. The second-order valence-electron chi connectivity index (χ2n) is 5.16. The molecule has 5 heteroatoms. The second kappa shape index (κ2) is 9.75. The zero-order valence-electron chi connectivity index (χ0n) is 13.2. The van der Waals surface area contributed by atoms with Crippen molar-refractivity contribution in [3.05, 3.63) is 16.1 Å². The van der Waals surface area contributed by atoms with Gasteiger partial charge in [-0.15, -0.1) is 11.3 Å². The summed E-state index contributed by atoms with van der Waals surface area (Å²) in [5, 5.41) is 9.95. The van der Waals surface area contributed by atoms with Crippen LogP contribution >= 0.6 is 11.3 Å². The lowest BCUT2D eigenvalue weighted by Crippen LogP contribution is -2.37. The third-order valence-corrected chi connectivity index (χ3v) is 4.07. The number of hydrogen-bond acceptors (Lipinski definition) is 3. The number of guanidine groups is 1. The Morgan fingerprint density at radius 3 is 2.70 bits per heavy atom. The molecule has 1 aromatic rings. The molecule has 2 N–H and O–H groups in total. The van der Waals surface area contributed by atoms with Gasteiger partial charge in [-0.25, -0.2) is 9.98 Å². The smallest absolute Gasteiger partial charge is 0.191 e. The monoisotopic (exact) mass is 296 g/mol. The minimum Gasteiger partial charge on any atom is -0.357 e. The van der Waals surface area contributed by atoms with Crippen LogP contribution in [-0.2, 0) is 6.54 Å². The Bertz CT molecular complexity index is 398. The molecule has 1 heterocycles. The summed E-state index contributed by atoms with van der Waals surface area (Å²) in [4.78, 5) is 9.20. The van der Waals surface area contributed by atoms with E-state index in [2.05, 4.69) is 53.7 Å². The lowest BCUT2D eigenvalue weighted by molar-refractivity contribution is 0.683. The van der Waals surface area contributed by atoms with Gasteiger partial charge in [0, 0.05) is 24.4 Å². The number of hydrogen-bond donors (Lipinski definition) is 2. The quantitative estimate of drug-likeness (QED) is 0.438. The molecule has 4 nitrogen and oxygen atoms in total. The Labute approximate surface area is 127 Å². The number of rotatable bonds is 8. The highest BCUT2D eigenvalue weighted by atomic mass is 32.1. The molecule has 0 radical (unpaired) electrons. The first-order valence-corrected chi connectivity index (χ1v) is 8.51. The van der Waals surface area contributed by atoms with Crippen molar-refractivity contribution >= 4 is 17.3 Å². The summed E-state index contributed by atoms with van der Waals surface area (Å²) in [6.07, 6.45) is 3.69. The predicted octanol–water partition coefficient (Wildman–Crippen LogP) is 3.51. The number of aromatic nitrogens is 1. The molecule has 0 saturated heterocycles. The van der Waals surface area contributed by atoms with E-state index in [-0.39, 0.29) is 0 Å². The Balaban J connectivity index is 2.47. The average molecular weight is 296 g/mol. The van der Waals surface area contributed by atoms with Gasteiger partial charge in [0.25, 0.3) is 0 Å². The van der Waals surface area contributed by atoms with Crippen LogP contribution in [0.2, 0.25) is 0 Å². The normalized spacial score (nSPS) is 11.9. The van der Waals surface area contributed by atoms with Gasteiger partial charge in [0.05, 0.1) is 17.2 Å². The number of thiazole rings is 1. The first-order valence-electron chi connectivity index (χ1n) is 7.63. The summed E-state index contributed by atoms with van der Waals surface area (Å²) in [6, 6.07) is 0. The van der Waals surface area contributed by atoms with Crippen LogP contribution in [0.25, 0.3) is 0 Å². The number of nitrogens with one attached hydrogen (secondary N) is 2. The lowest BCUT2D eigenvalue weighted by atomic mass is 10.2. The SMILES string of the molecule is CCCCCNC(=NCc1csc(C(C)C)n1)NCC. The first kappa shape index (κ1) is 17.0. The number of unbranched alkanes of at least 4 members (excludes halogenated alkanes) is 2. The van der Waals surface area contributed by atoms with Crippen LogP contribution in [0.15, 0.2) is 10.4 Å². The Hall–Kier alpha value is -1.10. The largest absolute Gasteiger partial charge is 0.357 e.